The van der Waals surface area contributed by atoms with Crippen LogP contribution in [0.25, 0.3) is 5.57 Å². The number of aliphatic imine (C=N–C) groups is 1. The zero-order valence-corrected chi connectivity index (χ0v) is 16.1. The third kappa shape index (κ3) is 5.16. The van der Waals surface area contributed by atoms with Crippen molar-refractivity contribution in [1.82, 2.24) is 20.1 Å². The summed E-state index contributed by atoms with van der Waals surface area (Å²) in [5, 5.41) is 9.71. The highest BCUT2D eigenvalue weighted by Crippen LogP contribution is 2.16. The van der Waals surface area contributed by atoms with Crippen molar-refractivity contribution in [2.45, 2.75) is 12.8 Å². The number of aryl methyl sites for hydroxylation is 1. The highest BCUT2D eigenvalue weighted by atomic mass is 16.2. The largest absolute Gasteiger partial charge is 0.404 e. The Kier molecular flexibility index (Phi) is 6.51. The maximum atomic E-state index is 12.7. The van der Waals surface area contributed by atoms with Crippen LogP contribution in [0.4, 0.5) is 5.69 Å². The third-order valence-corrected chi connectivity index (χ3v) is 4.19. The van der Waals surface area contributed by atoms with Crippen LogP contribution in [0.15, 0.2) is 47.7 Å². The highest BCUT2D eigenvalue weighted by molar-refractivity contribution is 6.10. The molecule has 1 aliphatic heterocycles. The van der Waals surface area contributed by atoms with E-state index in [1.165, 1.54) is 10.9 Å². The average molecular weight is 393 g/mol. The maximum absolute atomic E-state index is 12.7. The molecule has 0 radical (unpaired) electrons. The standard InChI is InChI=1S/C20H23N7O2/c1-27-13-17-18(26-27)20(29)23-10-5-3-2-4-9-22-12-14(11-21)15-7-6-8-16(24-15)19(28)25-17/h2,4,6-8,11-13H,3,5,9-10,21H2,1H3,(H,23,29)(H,25,28)/b4-2+,14-11?,22-12?. The lowest BCUT2D eigenvalue weighted by molar-refractivity contribution is 0.0948. The first-order valence-corrected chi connectivity index (χ1v) is 9.26. The Balaban J connectivity index is 1.95. The molecule has 9 heteroatoms. The minimum Gasteiger partial charge on any atom is -0.404 e. The van der Waals surface area contributed by atoms with E-state index in [0.29, 0.717) is 30.0 Å². The number of nitrogens with one attached hydrogen (secondary N) is 2. The second kappa shape index (κ2) is 9.45. The summed E-state index contributed by atoms with van der Waals surface area (Å²) in [5.41, 5.74) is 7.51. The molecule has 0 saturated heterocycles. The first-order valence-electron chi connectivity index (χ1n) is 9.26. The van der Waals surface area contributed by atoms with Crippen LogP contribution in [-0.2, 0) is 7.05 Å². The number of nitrogens with zero attached hydrogens (tertiary/aromatic N) is 4. The summed E-state index contributed by atoms with van der Waals surface area (Å²) in [6.07, 6.45) is 10.2. The number of carbonyl (C=O) groups is 2. The number of allylic oxidation sites excluding steroid dienone is 2. The molecule has 2 aromatic rings. The maximum Gasteiger partial charge on any atom is 0.274 e. The molecule has 4 N–H and O–H groups in total. The van der Waals surface area contributed by atoms with E-state index in [4.69, 9.17) is 5.73 Å². The van der Waals surface area contributed by atoms with Crippen LogP contribution in [0.3, 0.4) is 0 Å². The predicted octanol–water partition coefficient (Wildman–Crippen LogP) is 1.52. The van der Waals surface area contributed by atoms with Crippen molar-refractivity contribution < 1.29 is 9.59 Å². The van der Waals surface area contributed by atoms with Gasteiger partial charge < -0.3 is 16.4 Å². The van der Waals surface area contributed by atoms with Gasteiger partial charge in [-0.1, -0.05) is 18.2 Å². The summed E-state index contributed by atoms with van der Waals surface area (Å²) < 4.78 is 1.48. The molecular formula is C20H23N7O2. The highest BCUT2D eigenvalue weighted by Gasteiger charge is 2.19. The molecule has 3 rings (SSSR count). The summed E-state index contributed by atoms with van der Waals surface area (Å²) in [5.74, 6) is -0.795. The van der Waals surface area contributed by atoms with Gasteiger partial charge in [0, 0.05) is 37.8 Å². The number of amides is 2. The number of hydrogen-bond acceptors (Lipinski definition) is 6. The lowest BCUT2D eigenvalue weighted by atomic mass is 10.2. The van der Waals surface area contributed by atoms with E-state index in [9.17, 15) is 9.59 Å². The van der Waals surface area contributed by atoms with E-state index >= 15 is 0 Å². The molecule has 0 unspecified atom stereocenters. The van der Waals surface area contributed by atoms with E-state index < -0.39 is 5.91 Å². The second-order valence-electron chi connectivity index (χ2n) is 6.41. The topological polar surface area (TPSA) is 127 Å². The Morgan fingerprint density at radius 1 is 1.17 bits per heavy atom. The molecule has 29 heavy (non-hydrogen) atoms. The fourth-order valence-electron chi connectivity index (χ4n) is 2.76. The van der Waals surface area contributed by atoms with Gasteiger partial charge in [-0.2, -0.15) is 5.10 Å². The van der Waals surface area contributed by atoms with Gasteiger partial charge >= 0.3 is 0 Å². The minimum absolute atomic E-state index is 0.156. The molecule has 150 valence electrons. The van der Waals surface area contributed by atoms with Crippen LogP contribution in [0.2, 0.25) is 0 Å². The van der Waals surface area contributed by atoms with Gasteiger partial charge in [-0.3, -0.25) is 19.3 Å². The molecule has 0 spiro atoms. The number of anilines is 1. The van der Waals surface area contributed by atoms with Crippen molar-refractivity contribution in [2.24, 2.45) is 17.8 Å². The summed E-state index contributed by atoms with van der Waals surface area (Å²) in [6, 6.07) is 5.05. The van der Waals surface area contributed by atoms with Gasteiger partial charge in [-0.15, -0.1) is 0 Å². The number of hydrogen-bond donors (Lipinski definition) is 3. The average Bonchev–Trinajstić information content (AvgIpc) is 3.09. The first kappa shape index (κ1) is 20.0. The van der Waals surface area contributed by atoms with Gasteiger partial charge in [0.15, 0.2) is 5.69 Å². The predicted molar refractivity (Wildman–Crippen MR) is 112 cm³/mol. The van der Waals surface area contributed by atoms with E-state index in [0.717, 1.165) is 12.8 Å². The summed E-state index contributed by atoms with van der Waals surface area (Å²) in [4.78, 5) is 33.9. The van der Waals surface area contributed by atoms with Gasteiger partial charge in [-0.25, -0.2) is 4.98 Å². The molecule has 0 fully saturated rings. The molecule has 2 amide bonds. The van der Waals surface area contributed by atoms with Crippen LogP contribution >= 0.6 is 0 Å². The fourth-order valence-corrected chi connectivity index (χ4v) is 2.76. The number of fused-ring (bicyclic) bond motifs is 3. The van der Waals surface area contributed by atoms with E-state index in [-0.39, 0.29) is 17.3 Å². The molecule has 0 saturated carbocycles. The Labute approximate surface area is 168 Å². The lowest BCUT2D eigenvalue weighted by Gasteiger charge is -2.07. The van der Waals surface area contributed by atoms with Gasteiger partial charge in [0.05, 0.1) is 17.9 Å². The molecule has 0 aromatic carbocycles. The quantitative estimate of drug-likeness (QED) is 0.585. The number of pyridine rings is 1. The van der Waals surface area contributed by atoms with Crippen molar-refractivity contribution in [3.63, 3.8) is 0 Å². The number of rotatable bonds is 0. The lowest BCUT2D eigenvalue weighted by Crippen LogP contribution is -2.26. The smallest absolute Gasteiger partial charge is 0.274 e. The Morgan fingerprint density at radius 2 is 2.00 bits per heavy atom. The van der Waals surface area contributed by atoms with Crippen molar-refractivity contribution in [3.05, 3.63) is 59.8 Å². The van der Waals surface area contributed by atoms with E-state index in [1.807, 2.05) is 12.2 Å². The van der Waals surface area contributed by atoms with Crippen molar-refractivity contribution in [2.75, 3.05) is 18.4 Å². The molecule has 0 atom stereocenters. The normalized spacial score (nSPS) is 18.3. The molecule has 0 aliphatic carbocycles. The number of carbonyl (C=O) groups excluding carboxylic acids is 2. The fraction of sp³-hybridized carbons (Fsp3) is 0.250. The van der Waals surface area contributed by atoms with Crippen LogP contribution in [0, 0.1) is 0 Å². The monoisotopic (exact) mass is 393 g/mol. The summed E-state index contributed by atoms with van der Waals surface area (Å²) >= 11 is 0. The second-order valence-corrected chi connectivity index (χ2v) is 6.41. The molecular weight excluding hydrogens is 370 g/mol. The van der Waals surface area contributed by atoms with Gasteiger partial charge in [0.2, 0.25) is 0 Å². The third-order valence-electron chi connectivity index (χ3n) is 4.19. The van der Waals surface area contributed by atoms with E-state index in [2.05, 4.69) is 25.7 Å². The number of aromatic nitrogens is 3. The van der Waals surface area contributed by atoms with Crippen LogP contribution < -0.4 is 16.4 Å². The minimum atomic E-state index is -0.453. The van der Waals surface area contributed by atoms with Crippen LogP contribution in [0.5, 0.6) is 0 Å². The number of nitrogens with two attached hydrogens (primary N) is 1. The van der Waals surface area contributed by atoms with Crippen LogP contribution in [0.1, 0.15) is 39.5 Å². The van der Waals surface area contributed by atoms with Gasteiger partial charge in [-0.05, 0) is 25.0 Å². The van der Waals surface area contributed by atoms with Crippen LogP contribution in [-0.4, -0.2) is 45.9 Å². The van der Waals surface area contributed by atoms with Crippen molar-refractivity contribution >= 4 is 29.3 Å². The molecule has 9 nitrogen and oxygen atoms in total. The zero-order chi connectivity index (χ0) is 20.6. The Morgan fingerprint density at radius 3 is 2.83 bits per heavy atom. The Bertz CT molecular complexity index is 988. The Hall–Kier alpha value is -3.75. The molecule has 2 bridgehead atoms. The van der Waals surface area contributed by atoms with Gasteiger partial charge in [0.25, 0.3) is 11.8 Å². The summed E-state index contributed by atoms with van der Waals surface area (Å²) in [6.45, 7) is 1.00. The molecule has 3 heterocycles. The van der Waals surface area contributed by atoms with Crippen molar-refractivity contribution in [1.29, 1.82) is 0 Å². The van der Waals surface area contributed by atoms with Crippen molar-refractivity contribution in [3.8, 4) is 0 Å². The summed E-state index contributed by atoms with van der Waals surface area (Å²) in [7, 11) is 1.68. The molecule has 2 aromatic heterocycles. The van der Waals surface area contributed by atoms with Gasteiger partial charge in [0.1, 0.15) is 5.69 Å². The molecule has 1 aliphatic rings. The van der Waals surface area contributed by atoms with E-state index in [1.54, 1.807) is 37.7 Å². The zero-order valence-electron chi connectivity index (χ0n) is 16.1. The first-order chi connectivity index (χ1) is 14.1. The SMILES string of the molecule is Cn1cc2c(n1)C(=O)NCCC/C=C/CN=CC(=CN)c1cccc(n1)C(=O)N2.